The summed E-state index contributed by atoms with van der Waals surface area (Å²) in [6.07, 6.45) is 0. The van der Waals surface area contributed by atoms with E-state index in [2.05, 4.69) is 20.2 Å². The molecular formula is C21H15N5O5S2. The Morgan fingerprint density at radius 1 is 0.909 bits per heavy atom. The van der Waals surface area contributed by atoms with E-state index in [1.165, 1.54) is 30.3 Å². The van der Waals surface area contributed by atoms with Gasteiger partial charge in [-0.3, -0.25) is 24.9 Å². The number of nitro benzene ring substituents is 1. The number of hydrogen-bond acceptors (Lipinski definition) is 8. The first-order valence-corrected chi connectivity index (χ1v) is 11.7. The molecular weight excluding hydrogens is 466 g/mol. The zero-order valence-electron chi connectivity index (χ0n) is 16.7. The second-order valence-electron chi connectivity index (χ2n) is 6.61. The molecule has 33 heavy (non-hydrogen) atoms. The minimum absolute atomic E-state index is 0.0103. The van der Waals surface area contributed by atoms with Gasteiger partial charge in [-0.25, -0.2) is 8.42 Å². The number of aromatic nitrogens is 2. The van der Waals surface area contributed by atoms with Crippen LogP contribution in [0.5, 0.6) is 0 Å². The molecule has 0 saturated carbocycles. The highest BCUT2D eigenvalue weighted by molar-refractivity contribution is 7.92. The molecule has 0 aliphatic rings. The lowest BCUT2D eigenvalue weighted by Crippen LogP contribution is -2.19. The number of rotatable bonds is 7. The van der Waals surface area contributed by atoms with E-state index in [0.29, 0.717) is 5.01 Å². The number of carbonyl (C=O) groups is 1. The van der Waals surface area contributed by atoms with Crippen molar-refractivity contribution in [2.45, 2.75) is 4.90 Å². The van der Waals surface area contributed by atoms with Crippen LogP contribution in [0.2, 0.25) is 0 Å². The third-order valence-corrected chi connectivity index (χ3v) is 6.73. The number of para-hydroxylation sites is 2. The van der Waals surface area contributed by atoms with Gasteiger partial charge in [-0.1, -0.05) is 65.9 Å². The Kier molecular flexibility index (Phi) is 6.11. The van der Waals surface area contributed by atoms with Crippen molar-refractivity contribution < 1.29 is 18.1 Å². The summed E-state index contributed by atoms with van der Waals surface area (Å²) < 4.78 is 28.0. The number of benzene rings is 3. The van der Waals surface area contributed by atoms with Crippen molar-refractivity contribution in [3.63, 3.8) is 0 Å². The zero-order chi connectivity index (χ0) is 23.4. The molecule has 0 aliphatic heterocycles. The Morgan fingerprint density at radius 3 is 2.33 bits per heavy atom. The van der Waals surface area contributed by atoms with Crippen LogP contribution in [-0.4, -0.2) is 29.4 Å². The van der Waals surface area contributed by atoms with E-state index in [-0.39, 0.29) is 16.4 Å². The lowest BCUT2D eigenvalue weighted by molar-refractivity contribution is -0.387. The second-order valence-corrected chi connectivity index (χ2v) is 9.24. The van der Waals surface area contributed by atoms with Crippen LogP contribution >= 0.6 is 11.3 Å². The van der Waals surface area contributed by atoms with E-state index >= 15 is 0 Å². The van der Waals surface area contributed by atoms with Crippen LogP contribution < -0.4 is 10.0 Å². The maximum Gasteiger partial charge on any atom is 0.289 e. The molecule has 0 saturated heterocycles. The van der Waals surface area contributed by atoms with Crippen molar-refractivity contribution in [1.29, 1.82) is 0 Å². The Balaban J connectivity index is 1.59. The van der Waals surface area contributed by atoms with Gasteiger partial charge in [-0.15, -0.1) is 10.2 Å². The van der Waals surface area contributed by atoms with E-state index in [1.807, 2.05) is 30.3 Å². The Morgan fingerprint density at radius 2 is 1.58 bits per heavy atom. The largest absolute Gasteiger partial charge is 0.296 e. The van der Waals surface area contributed by atoms with Crippen molar-refractivity contribution in [1.82, 2.24) is 10.2 Å². The predicted octanol–water partition coefficient (Wildman–Crippen LogP) is 4.17. The molecule has 4 aromatic rings. The fourth-order valence-corrected chi connectivity index (χ4v) is 4.94. The fraction of sp³-hybridized carbons (Fsp3) is 0. The number of hydrogen-bond donors (Lipinski definition) is 2. The average molecular weight is 482 g/mol. The Labute approximate surface area is 192 Å². The molecule has 1 amide bonds. The third-order valence-electron chi connectivity index (χ3n) is 4.43. The molecule has 0 spiro atoms. The number of nitro groups is 1. The highest BCUT2D eigenvalue weighted by Gasteiger charge is 2.26. The van der Waals surface area contributed by atoms with E-state index < -0.39 is 31.4 Å². The predicted molar refractivity (Wildman–Crippen MR) is 124 cm³/mol. The van der Waals surface area contributed by atoms with Gasteiger partial charge in [-0.2, -0.15) is 0 Å². The van der Waals surface area contributed by atoms with Crippen LogP contribution in [0.3, 0.4) is 0 Å². The minimum atomic E-state index is -4.35. The molecule has 1 heterocycles. The van der Waals surface area contributed by atoms with Crippen molar-refractivity contribution in [3.8, 4) is 10.6 Å². The molecule has 2 N–H and O–H groups in total. The first kappa shape index (κ1) is 22.0. The summed E-state index contributed by atoms with van der Waals surface area (Å²) in [5.74, 6) is -0.619. The molecule has 0 atom stereocenters. The van der Waals surface area contributed by atoms with Crippen molar-refractivity contribution in [3.05, 3.63) is 94.5 Å². The number of sulfonamides is 1. The van der Waals surface area contributed by atoms with Gasteiger partial charge in [0, 0.05) is 11.6 Å². The van der Waals surface area contributed by atoms with Gasteiger partial charge >= 0.3 is 0 Å². The van der Waals surface area contributed by atoms with Gasteiger partial charge in [0.25, 0.3) is 21.6 Å². The van der Waals surface area contributed by atoms with E-state index in [0.717, 1.165) is 29.0 Å². The molecule has 0 radical (unpaired) electrons. The third kappa shape index (κ3) is 4.86. The number of amides is 1. The number of anilines is 2. The van der Waals surface area contributed by atoms with Crippen LogP contribution in [-0.2, 0) is 10.0 Å². The van der Waals surface area contributed by atoms with Gasteiger partial charge in [0.1, 0.15) is 5.01 Å². The van der Waals surface area contributed by atoms with E-state index in [1.54, 1.807) is 6.07 Å². The van der Waals surface area contributed by atoms with Crippen LogP contribution in [0, 0.1) is 10.1 Å². The molecule has 0 unspecified atom stereocenters. The van der Waals surface area contributed by atoms with Crippen LogP contribution in [0.4, 0.5) is 16.5 Å². The summed E-state index contributed by atoms with van der Waals surface area (Å²) in [4.78, 5) is 22.8. The first-order valence-electron chi connectivity index (χ1n) is 9.41. The molecule has 1 aromatic heterocycles. The van der Waals surface area contributed by atoms with Crippen LogP contribution in [0.1, 0.15) is 10.4 Å². The van der Waals surface area contributed by atoms with Crippen LogP contribution in [0.15, 0.2) is 83.8 Å². The maximum atomic E-state index is 12.9. The van der Waals surface area contributed by atoms with E-state index in [4.69, 9.17) is 0 Å². The summed E-state index contributed by atoms with van der Waals surface area (Å²) in [5.41, 5.74) is 0.236. The maximum absolute atomic E-state index is 12.9. The van der Waals surface area contributed by atoms with Crippen molar-refractivity contribution in [2.75, 3.05) is 10.0 Å². The summed E-state index contributed by atoms with van der Waals surface area (Å²) >= 11 is 1.16. The van der Waals surface area contributed by atoms with Crippen molar-refractivity contribution in [2.24, 2.45) is 0 Å². The number of carbonyl (C=O) groups excluding carboxylic acids is 1. The normalized spacial score (nSPS) is 11.0. The SMILES string of the molecule is O=C(Nc1nnc(-c2ccccc2)s1)c1ccccc1NS(=O)(=O)c1ccccc1[N+](=O)[O-]. The quantitative estimate of drug-likeness (QED) is 0.298. The molecule has 10 nitrogen and oxygen atoms in total. The fourth-order valence-electron chi connectivity index (χ4n) is 2.94. The molecule has 166 valence electrons. The van der Waals surface area contributed by atoms with Gasteiger partial charge in [-0.05, 0) is 18.2 Å². The number of nitrogens with one attached hydrogen (secondary N) is 2. The molecule has 4 rings (SSSR count). The molecule has 0 aliphatic carbocycles. The zero-order valence-corrected chi connectivity index (χ0v) is 18.3. The smallest absolute Gasteiger partial charge is 0.289 e. The monoisotopic (exact) mass is 481 g/mol. The minimum Gasteiger partial charge on any atom is -0.296 e. The van der Waals surface area contributed by atoms with E-state index in [9.17, 15) is 23.3 Å². The summed E-state index contributed by atoms with van der Waals surface area (Å²) in [6, 6.07) is 20.2. The first-order chi connectivity index (χ1) is 15.8. The van der Waals surface area contributed by atoms with Gasteiger partial charge < -0.3 is 0 Å². The Hall–Kier alpha value is -4.16. The van der Waals surface area contributed by atoms with Gasteiger partial charge in [0.05, 0.1) is 16.2 Å². The summed E-state index contributed by atoms with van der Waals surface area (Å²) in [7, 11) is -4.35. The lowest BCUT2D eigenvalue weighted by Gasteiger charge is -2.12. The summed E-state index contributed by atoms with van der Waals surface area (Å²) in [5, 5.41) is 22.7. The Bertz CT molecular complexity index is 1440. The number of nitrogens with zero attached hydrogens (tertiary/aromatic N) is 3. The lowest BCUT2D eigenvalue weighted by atomic mass is 10.2. The highest BCUT2D eigenvalue weighted by atomic mass is 32.2. The molecule has 0 bridgehead atoms. The topological polar surface area (TPSA) is 144 Å². The van der Waals surface area contributed by atoms with Gasteiger partial charge in [0.15, 0.2) is 4.90 Å². The molecule has 3 aromatic carbocycles. The molecule has 0 fully saturated rings. The van der Waals surface area contributed by atoms with Crippen LogP contribution in [0.25, 0.3) is 10.6 Å². The molecule has 12 heteroatoms. The highest BCUT2D eigenvalue weighted by Crippen LogP contribution is 2.29. The second kappa shape index (κ2) is 9.14. The average Bonchev–Trinajstić information content (AvgIpc) is 3.28. The van der Waals surface area contributed by atoms with Crippen molar-refractivity contribution >= 4 is 43.8 Å². The van der Waals surface area contributed by atoms with Gasteiger partial charge in [0.2, 0.25) is 5.13 Å². The summed E-state index contributed by atoms with van der Waals surface area (Å²) in [6.45, 7) is 0. The standard InChI is InChI=1S/C21H15N5O5S2/c27-19(22-21-24-23-20(32-21)14-8-2-1-3-9-14)15-10-4-5-11-16(15)25-33(30,31)18-13-7-6-12-17(18)26(28)29/h1-13,25H,(H,22,24,27).